The van der Waals surface area contributed by atoms with Crippen molar-refractivity contribution in [2.24, 2.45) is 5.73 Å². The molecule has 3 aromatic rings. The first-order chi connectivity index (χ1) is 21.7. The van der Waals surface area contributed by atoms with Crippen molar-refractivity contribution >= 4 is 34.7 Å². The Morgan fingerprint density at radius 1 is 1.00 bits per heavy atom. The smallest absolute Gasteiger partial charge is 0.320 e. The maximum Gasteiger partial charge on any atom is 0.320 e. The van der Waals surface area contributed by atoms with Crippen molar-refractivity contribution in [3.63, 3.8) is 0 Å². The lowest BCUT2D eigenvalue weighted by Crippen LogP contribution is -2.59. The number of morpholine rings is 1. The SMILES string of the molecule is NC(=O)c1ncn([C@@H]2O[C@H](C(=O)N[C@H](Cc3c[nH]c4ccccc34)C(=O)N3CCN(C(=O)N4CCOCC4)CC3)[C@@H](O)[C@H]2O)n1. The number of nitrogens with one attached hydrogen (secondary N) is 2. The third-order valence-corrected chi connectivity index (χ3v) is 8.34. The van der Waals surface area contributed by atoms with Crippen LogP contribution in [-0.4, -0.2) is 145 Å². The number of urea groups is 1. The minimum Gasteiger partial charge on any atom is -0.387 e. The van der Waals surface area contributed by atoms with E-state index in [2.05, 4.69) is 20.4 Å². The quantitative estimate of drug-likeness (QED) is 0.191. The van der Waals surface area contributed by atoms with E-state index in [1.807, 2.05) is 24.3 Å². The number of H-pyrrole nitrogens is 1. The van der Waals surface area contributed by atoms with E-state index >= 15 is 0 Å². The first-order valence-electron chi connectivity index (χ1n) is 14.7. The molecule has 5 amide bonds. The van der Waals surface area contributed by atoms with Gasteiger partial charge in [0.15, 0.2) is 12.3 Å². The molecular formula is C28H35N9O8. The van der Waals surface area contributed by atoms with Crippen LogP contribution in [0.25, 0.3) is 10.9 Å². The molecule has 0 spiro atoms. The molecule has 6 N–H and O–H groups in total. The number of hydrogen-bond acceptors (Lipinski definition) is 10. The number of nitrogens with zero attached hydrogens (tertiary/aromatic N) is 6. The number of carbonyl (C=O) groups is 4. The van der Waals surface area contributed by atoms with Gasteiger partial charge in [0.2, 0.25) is 11.7 Å². The van der Waals surface area contributed by atoms with E-state index in [1.165, 1.54) is 0 Å². The van der Waals surface area contributed by atoms with Crippen LogP contribution in [0.3, 0.4) is 0 Å². The summed E-state index contributed by atoms with van der Waals surface area (Å²) in [6, 6.07) is 6.41. The number of para-hydroxylation sites is 1. The van der Waals surface area contributed by atoms with Crippen molar-refractivity contribution in [2.75, 3.05) is 52.5 Å². The summed E-state index contributed by atoms with van der Waals surface area (Å²) in [5, 5.41) is 28.8. The molecule has 17 heteroatoms. The van der Waals surface area contributed by atoms with Gasteiger partial charge in [-0.05, 0) is 11.6 Å². The Kier molecular flexibility index (Phi) is 8.66. The average molecular weight is 626 g/mol. The number of aliphatic hydroxyl groups is 2. The van der Waals surface area contributed by atoms with Crippen LogP contribution >= 0.6 is 0 Å². The molecule has 5 heterocycles. The van der Waals surface area contributed by atoms with E-state index in [1.54, 1.807) is 20.9 Å². The van der Waals surface area contributed by atoms with E-state index in [-0.39, 0.29) is 37.3 Å². The number of nitrogens with two attached hydrogens (primary N) is 1. The summed E-state index contributed by atoms with van der Waals surface area (Å²) in [4.78, 5) is 63.8. The van der Waals surface area contributed by atoms with E-state index in [0.717, 1.165) is 27.5 Å². The number of ether oxygens (including phenoxy) is 2. The van der Waals surface area contributed by atoms with Crippen molar-refractivity contribution in [1.82, 2.24) is 39.8 Å². The fraction of sp³-hybridized carbons (Fsp3) is 0.500. The fourth-order valence-electron chi connectivity index (χ4n) is 5.87. The summed E-state index contributed by atoms with van der Waals surface area (Å²) in [6.45, 7) is 3.22. The number of primary amides is 1. The lowest BCUT2D eigenvalue weighted by molar-refractivity contribution is -0.144. The Balaban J connectivity index is 1.17. The molecule has 0 aliphatic carbocycles. The van der Waals surface area contributed by atoms with Gasteiger partial charge < -0.3 is 50.4 Å². The Bertz CT molecular complexity index is 1560. The molecule has 3 aliphatic rings. The standard InChI is InChI=1S/C28H35N9O8/c29-23(40)24-31-15-37(33-24)27-21(39)20(38)22(45-27)25(41)32-19(13-16-14-30-18-4-2-1-3-17(16)18)26(42)34-5-7-35(8-6-34)28(43)36-9-11-44-12-10-36/h1-4,14-15,19-22,27,30,38-39H,5-13H2,(H2,29,40)(H,32,41)/t19-,20+,21-,22+,27-/m1/s1. The van der Waals surface area contributed by atoms with Crippen LogP contribution in [0.1, 0.15) is 22.4 Å². The Morgan fingerprint density at radius 2 is 1.69 bits per heavy atom. The van der Waals surface area contributed by atoms with Gasteiger partial charge in [0.25, 0.3) is 11.8 Å². The zero-order valence-electron chi connectivity index (χ0n) is 24.3. The molecule has 3 saturated heterocycles. The largest absolute Gasteiger partial charge is 0.387 e. The van der Waals surface area contributed by atoms with Gasteiger partial charge in [-0.2, -0.15) is 0 Å². The molecule has 5 atom stereocenters. The lowest BCUT2D eigenvalue weighted by atomic mass is 10.0. The average Bonchev–Trinajstić information content (AvgIpc) is 3.79. The summed E-state index contributed by atoms with van der Waals surface area (Å²) < 4.78 is 12.0. The molecule has 0 unspecified atom stereocenters. The molecular weight excluding hydrogens is 590 g/mol. The number of aromatic amines is 1. The lowest BCUT2D eigenvalue weighted by Gasteiger charge is -2.39. The van der Waals surface area contributed by atoms with Gasteiger partial charge in [-0.1, -0.05) is 18.2 Å². The van der Waals surface area contributed by atoms with Crippen LogP contribution in [0, 0.1) is 0 Å². The number of fused-ring (bicyclic) bond motifs is 1. The maximum absolute atomic E-state index is 13.9. The van der Waals surface area contributed by atoms with Gasteiger partial charge in [-0.25, -0.2) is 14.5 Å². The first kappa shape index (κ1) is 30.4. The van der Waals surface area contributed by atoms with Gasteiger partial charge in [0.05, 0.1) is 13.2 Å². The van der Waals surface area contributed by atoms with Gasteiger partial charge in [-0.15, -0.1) is 5.10 Å². The number of aliphatic hydroxyl groups excluding tert-OH is 2. The minimum absolute atomic E-state index is 0.0927. The highest BCUT2D eigenvalue weighted by Gasteiger charge is 2.48. The van der Waals surface area contributed by atoms with E-state index in [4.69, 9.17) is 15.2 Å². The van der Waals surface area contributed by atoms with Crippen molar-refractivity contribution in [2.45, 2.75) is 37.0 Å². The molecule has 45 heavy (non-hydrogen) atoms. The van der Waals surface area contributed by atoms with E-state index in [9.17, 15) is 29.4 Å². The Labute approximate surface area is 256 Å². The van der Waals surface area contributed by atoms with Gasteiger partial charge in [0.1, 0.15) is 24.6 Å². The number of aromatic nitrogens is 4. The number of amides is 5. The maximum atomic E-state index is 13.9. The molecule has 0 bridgehead atoms. The highest BCUT2D eigenvalue weighted by atomic mass is 16.6. The number of piperazine rings is 1. The number of hydrogen-bond donors (Lipinski definition) is 5. The highest BCUT2D eigenvalue weighted by Crippen LogP contribution is 2.29. The molecule has 0 saturated carbocycles. The van der Waals surface area contributed by atoms with Crippen LogP contribution in [-0.2, 0) is 25.5 Å². The van der Waals surface area contributed by atoms with Crippen molar-refractivity contribution in [1.29, 1.82) is 0 Å². The van der Waals surface area contributed by atoms with Crippen LogP contribution in [0.5, 0.6) is 0 Å². The third kappa shape index (κ3) is 6.19. The topological polar surface area (TPSA) is 221 Å². The second-order valence-corrected chi connectivity index (χ2v) is 11.2. The van der Waals surface area contributed by atoms with Crippen molar-refractivity contribution in [3.05, 3.63) is 48.2 Å². The normalized spacial score (nSPS) is 24.5. The summed E-state index contributed by atoms with van der Waals surface area (Å²) in [5.41, 5.74) is 6.85. The first-order valence-corrected chi connectivity index (χ1v) is 14.7. The second kappa shape index (κ2) is 12.8. The van der Waals surface area contributed by atoms with Crippen LogP contribution < -0.4 is 11.1 Å². The Hall–Kier alpha value is -4.58. The summed E-state index contributed by atoms with van der Waals surface area (Å²) >= 11 is 0. The van der Waals surface area contributed by atoms with Gasteiger partial charge in [-0.3, -0.25) is 14.4 Å². The summed E-state index contributed by atoms with van der Waals surface area (Å²) in [7, 11) is 0. The van der Waals surface area contributed by atoms with E-state index in [0.29, 0.717) is 39.4 Å². The number of rotatable bonds is 7. The monoisotopic (exact) mass is 625 g/mol. The van der Waals surface area contributed by atoms with E-state index < -0.39 is 42.4 Å². The van der Waals surface area contributed by atoms with Crippen LogP contribution in [0.15, 0.2) is 36.8 Å². The molecule has 240 valence electrons. The van der Waals surface area contributed by atoms with Crippen LogP contribution in [0.4, 0.5) is 4.79 Å². The summed E-state index contributed by atoms with van der Waals surface area (Å²) in [5.74, 6) is -2.41. The second-order valence-electron chi connectivity index (χ2n) is 11.2. The molecule has 3 aliphatic heterocycles. The Morgan fingerprint density at radius 3 is 2.40 bits per heavy atom. The fourth-order valence-corrected chi connectivity index (χ4v) is 5.87. The predicted octanol–water partition coefficient (Wildman–Crippen LogP) is -2.20. The molecule has 1 aromatic carbocycles. The molecule has 3 fully saturated rings. The number of benzene rings is 1. The zero-order chi connectivity index (χ0) is 31.7. The van der Waals surface area contributed by atoms with Crippen LogP contribution in [0.2, 0.25) is 0 Å². The number of carbonyl (C=O) groups excluding carboxylic acids is 4. The zero-order valence-corrected chi connectivity index (χ0v) is 24.3. The van der Waals surface area contributed by atoms with Crippen molar-refractivity contribution < 1.29 is 38.9 Å². The predicted molar refractivity (Wildman–Crippen MR) is 154 cm³/mol. The van der Waals surface area contributed by atoms with Gasteiger partial charge in [0, 0.05) is 62.8 Å². The highest BCUT2D eigenvalue weighted by molar-refractivity contribution is 5.91. The summed E-state index contributed by atoms with van der Waals surface area (Å²) in [6.07, 6.45) is -3.17. The third-order valence-electron chi connectivity index (χ3n) is 8.34. The molecule has 6 rings (SSSR count). The van der Waals surface area contributed by atoms with Crippen molar-refractivity contribution in [3.8, 4) is 0 Å². The molecule has 2 aromatic heterocycles. The molecule has 17 nitrogen and oxygen atoms in total. The van der Waals surface area contributed by atoms with Gasteiger partial charge >= 0.3 is 6.03 Å². The molecule has 0 radical (unpaired) electrons. The minimum atomic E-state index is -1.67.